The third-order valence-electron chi connectivity index (χ3n) is 2.56. The van der Waals surface area contributed by atoms with Gasteiger partial charge < -0.3 is 16.2 Å². The predicted molar refractivity (Wildman–Crippen MR) is 67.1 cm³/mol. The van der Waals surface area contributed by atoms with Crippen LogP contribution in [0.1, 0.15) is 30.4 Å². The van der Waals surface area contributed by atoms with Crippen molar-refractivity contribution in [1.82, 2.24) is 5.32 Å². The molecule has 17 heavy (non-hydrogen) atoms. The van der Waals surface area contributed by atoms with E-state index in [2.05, 4.69) is 5.32 Å². The number of amides is 1. The average molecular weight is 236 g/mol. The van der Waals surface area contributed by atoms with Crippen LogP contribution in [0.4, 0.5) is 0 Å². The first-order chi connectivity index (χ1) is 8.22. The molecule has 0 radical (unpaired) electrons. The van der Waals surface area contributed by atoms with Gasteiger partial charge in [-0.3, -0.25) is 4.79 Å². The summed E-state index contributed by atoms with van der Waals surface area (Å²) in [6, 6.07) is 7.85. The van der Waals surface area contributed by atoms with Gasteiger partial charge in [-0.1, -0.05) is 24.3 Å². The zero-order valence-electron chi connectivity index (χ0n) is 9.98. The van der Waals surface area contributed by atoms with Crippen molar-refractivity contribution in [3.05, 3.63) is 35.4 Å². The van der Waals surface area contributed by atoms with Crippen molar-refractivity contribution in [2.75, 3.05) is 6.54 Å². The van der Waals surface area contributed by atoms with Crippen LogP contribution in [-0.2, 0) is 17.9 Å². The number of aliphatic hydroxyl groups is 1. The van der Waals surface area contributed by atoms with Gasteiger partial charge in [0.1, 0.15) is 0 Å². The van der Waals surface area contributed by atoms with E-state index in [1.54, 1.807) is 0 Å². The van der Waals surface area contributed by atoms with Gasteiger partial charge in [0.2, 0.25) is 5.91 Å². The Kier molecular flexibility index (Phi) is 6.29. The van der Waals surface area contributed by atoms with Gasteiger partial charge in [0, 0.05) is 13.0 Å². The maximum Gasteiger partial charge on any atom is 0.217 e. The standard InChI is InChI=1S/C13H20N2O2/c14-13(17)3-1-2-8-15-9-11-4-6-12(10-16)7-5-11/h4-7,15-16H,1-3,8-10H2,(H2,14,17). The average Bonchev–Trinajstić information content (AvgIpc) is 2.34. The van der Waals surface area contributed by atoms with Gasteiger partial charge in [-0.25, -0.2) is 0 Å². The highest BCUT2D eigenvalue weighted by Crippen LogP contribution is 2.04. The summed E-state index contributed by atoms with van der Waals surface area (Å²) in [4.78, 5) is 10.5. The first kappa shape index (κ1) is 13.7. The molecule has 4 N–H and O–H groups in total. The molecule has 1 rings (SSSR count). The summed E-state index contributed by atoms with van der Waals surface area (Å²) < 4.78 is 0. The second kappa shape index (κ2) is 7.81. The van der Waals surface area contributed by atoms with Crippen molar-refractivity contribution in [2.24, 2.45) is 5.73 Å². The molecule has 1 aromatic rings. The highest BCUT2D eigenvalue weighted by molar-refractivity contribution is 5.73. The van der Waals surface area contributed by atoms with E-state index in [0.717, 1.165) is 31.5 Å². The minimum Gasteiger partial charge on any atom is -0.392 e. The number of nitrogens with one attached hydrogen (secondary N) is 1. The maximum atomic E-state index is 10.5. The van der Waals surface area contributed by atoms with Crippen LogP contribution < -0.4 is 11.1 Å². The van der Waals surface area contributed by atoms with E-state index in [4.69, 9.17) is 10.8 Å². The fourth-order valence-corrected chi connectivity index (χ4v) is 1.54. The summed E-state index contributed by atoms with van der Waals surface area (Å²) in [5, 5.41) is 12.2. The number of benzene rings is 1. The molecule has 1 aromatic carbocycles. The Hall–Kier alpha value is -1.39. The van der Waals surface area contributed by atoms with E-state index < -0.39 is 0 Å². The third-order valence-corrected chi connectivity index (χ3v) is 2.56. The smallest absolute Gasteiger partial charge is 0.217 e. The highest BCUT2D eigenvalue weighted by atomic mass is 16.3. The number of primary amides is 1. The largest absolute Gasteiger partial charge is 0.392 e. The molecule has 0 aliphatic carbocycles. The summed E-state index contributed by atoms with van der Waals surface area (Å²) >= 11 is 0. The SMILES string of the molecule is NC(=O)CCCCNCc1ccc(CO)cc1. The predicted octanol–water partition coefficient (Wildman–Crippen LogP) is 0.924. The molecule has 0 aliphatic heterocycles. The summed E-state index contributed by atoms with van der Waals surface area (Å²) in [6.07, 6.45) is 2.26. The van der Waals surface area contributed by atoms with Gasteiger partial charge in [-0.2, -0.15) is 0 Å². The molecule has 0 atom stereocenters. The number of aliphatic hydroxyl groups excluding tert-OH is 1. The molecule has 0 unspecified atom stereocenters. The Morgan fingerprint density at radius 1 is 1.18 bits per heavy atom. The zero-order chi connectivity index (χ0) is 12.5. The summed E-state index contributed by atoms with van der Waals surface area (Å²) in [7, 11) is 0. The molecule has 0 aliphatic rings. The van der Waals surface area contributed by atoms with Crippen LogP contribution in [0.25, 0.3) is 0 Å². The van der Waals surface area contributed by atoms with Crippen LogP contribution in [0.2, 0.25) is 0 Å². The number of hydrogen-bond acceptors (Lipinski definition) is 3. The van der Waals surface area contributed by atoms with Gasteiger partial charge in [-0.05, 0) is 30.5 Å². The summed E-state index contributed by atoms with van der Waals surface area (Å²) in [5.74, 6) is -0.232. The van der Waals surface area contributed by atoms with Crippen molar-refractivity contribution in [3.8, 4) is 0 Å². The van der Waals surface area contributed by atoms with E-state index in [1.807, 2.05) is 24.3 Å². The molecule has 4 nitrogen and oxygen atoms in total. The van der Waals surface area contributed by atoms with Crippen LogP contribution in [0, 0.1) is 0 Å². The van der Waals surface area contributed by atoms with Crippen molar-refractivity contribution in [2.45, 2.75) is 32.4 Å². The lowest BCUT2D eigenvalue weighted by molar-refractivity contribution is -0.118. The van der Waals surface area contributed by atoms with Crippen molar-refractivity contribution in [1.29, 1.82) is 0 Å². The van der Waals surface area contributed by atoms with E-state index >= 15 is 0 Å². The molecule has 0 aromatic heterocycles. The fraction of sp³-hybridized carbons (Fsp3) is 0.462. The van der Waals surface area contributed by atoms with Crippen LogP contribution in [-0.4, -0.2) is 17.6 Å². The second-order valence-electron chi connectivity index (χ2n) is 4.07. The normalized spacial score (nSPS) is 10.4. The monoisotopic (exact) mass is 236 g/mol. The molecule has 94 valence electrons. The lowest BCUT2D eigenvalue weighted by Crippen LogP contribution is -2.16. The van der Waals surface area contributed by atoms with Gasteiger partial charge in [0.25, 0.3) is 0 Å². The summed E-state index contributed by atoms with van der Waals surface area (Å²) in [5.41, 5.74) is 7.16. The van der Waals surface area contributed by atoms with Crippen molar-refractivity contribution < 1.29 is 9.90 Å². The topological polar surface area (TPSA) is 75.4 Å². The lowest BCUT2D eigenvalue weighted by Gasteiger charge is -2.05. The number of carbonyl (C=O) groups excluding carboxylic acids is 1. The molecule has 1 amide bonds. The van der Waals surface area contributed by atoms with E-state index in [-0.39, 0.29) is 12.5 Å². The molecule has 0 saturated carbocycles. The summed E-state index contributed by atoms with van der Waals surface area (Å²) in [6.45, 7) is 1.78. The minimum atomic E-state index is -0.232. The first-order valence-corrected chi connectivity index (χ1v) is 5.90. The fourth-order valence-electron chi connectivity index (χ4n) is 1.54. The molecule has 0 bridgehead atoms. The quantitative estimate of drug-likeness (QED) is 0.588. The Morgan fingerprint density at radius 3 is 2.41 bits per heavy atom. The van der Waals surface area contributed by atoms with Gasteiger partial charge in [-0.15, -0.1) is 0 Å². The molecule has 4 heteroatoms. The van der Waals surface area contributed by atoms with E-state index in [0.29, 0.717) is 6.42 Å². The molecular weight excluding hydrogens is 216 g/mol. The lowest BCUT2D eigenvalue weighted by atomic mass is 10.1. The third kappa shape index (κ3) is 6.04. The van der Waals surface area contributed by atoms with Crippen molar-refractivity contribution >= 4 is 5.91 Å². The number of nitrogens with two attached hydrogens (primary N) is 1. The second-order valence-corrected chi connectivity index (χ2v) is 4.07. The maximum absolute atomic E-state index is 10.5. The minimum absolute atomic E-state index is 0.0842. The van der Waals surface area contributed by atoms with Gasteiger partial charge in [0.15, 0.2) is 0 Å². The van der Waals surface area contributed by atoms with Gasteiger partial charge in [0.05, 0.1) is 6.61 Å². The Balaban J connectivity index is 2.11. The Bertz CT molecular complexity index is 336. The zero-order valence-corrected chi connectivity index (χ0v) is 9.98. The van der Waals surface area contributed by atoms with Crippen LogP contribution in [0.5, 0.6) is 0 Å². The molecule has 0 fully saturated rings. The van der Waals surface area contributed by atoms with Gasteiger partial charge >= 0.3 is 0 Å². The van der Waals surface area contributed by atoms with E-state index in [1.165, 1.54) is 5.56 Å². The Labute approximate surface area is 102 Å². The van der Waals surface area contributed by atoms with Crippen LogP contribution in [0.3, 0.4) is 0 Å². The molecule has 0 spiro atoms. The molecule has 0 saturated heterocycles. The number of carbonyl (C=O) groups is 1. The van der Waals surface area contributed by atoms with Crippen molar-refractivity contribution in [3.63, 3.8) is 0 Å². The van der Waals surface area contributed by atoms with Crippen LogP contribution >= 0.6 is 0 Å². The van der Waals surface area contributed by atoms with Crippen LogP contribution in [0.15, 0.2) is 24.3 Å². The number of hydrogen-bond donors (Lipinski definition) is 3. The Morgan fingerprint density at radius 2 is 1.82 bits per heavy atom. The number of unbranched alkanes of at least 4 members (excludes halogenated alkanes) is 1. The number of rotatable bonds is 8. The molecular formula is C13H20N2O2. The van der Waals surface area contributed by atoms with E-state index in [9.17, 15) is 4.79 Å². The highest BCUT2D eigenvalue weighted by Gasteiger charge is 1.96. The first-order valence-electron chi connectivity index (χ1n) is 5.90. The molecule has 0 heterocycles.